The number of nitriles is 1. The monoisotopic (exact) mass is 351 g/mol. The molecule has 1 N–H and O–H groups in total. The minimum absolute atomic E-state index is 0.158. The number of rotatable bonds is 7. The van der Waals surface area contributed by atoms with E-state index in [9.17, 15) is 10.4 Å². The number of hydrogen-bond acceptors (Lipinski definition) is 2. The Morgan fingerprint density at radius 1 is 1.00 bits per heavy atom. The first-order valence-electron chi connectivity index (χ1n) is 9.05. The number of aliphatic hydroxyl groups excluding tert-OH is 1. The van der Waals surface area contributed by atoms with Gasteiger partial charge in [-0.15, -0.1) is 0 Å². The first-order valence-corrected chi connectivity index (χ1v) is 12.3. The molecule has 2 atom stereocenters. The van der Waals surface area contributed by atoms with E-state index < -0.39 is 8.07 Å². The van der Waals surface area contributed by atoms with Crippen molar-refractivity contribution in [3.63, 3.8) is 0 Å². The molecule has 3 heteroatoms. The summed E-state index contributed by atoms with van der Waals surface area (Å²) < 4.78 is 0. The van der Waals surface area contributed by atoms with Crippen LogP contribution >= 0.6 is 0 Å². The van der Waals surface area contributed by atoms with Crippen molar-refractivity contribution in [2.45, 2.75) is 51.1 Å². The second-order valence-electron chi connectivity index (χ2n) is 8.03. The van der Waals surface area contributed by atoms with Gasteiger partial charge in [-0.1, -0.05) is 87.6 Å². The van der Waals surface area contributed by atoms with Crippen molar-refractivity contribution in [3.05, 3.63) is 71.3 Å². The molecule has 0 amide bonds. The fraction of sp³-hybridized carbons (Fsp3) is 0.409. The van der Waals surface area contributed by atoms with Crippen LogP contribution in [0.2, 0.25) is 19.1 Å². The lowest BCUT2D eigenvalue weighted by Gasteiger charge is -2.30. The third kappa shape index (κ3) is 5.29. The summed E-state index contributed by atoms with van der Waals surface area (Å²) in [5.74, 6) is 0.440. The van der Waals surface area contributed by atoms with Gasteiger partial charge in [0.15, 0.2) is 0 Å². The van der Waals surface area contributed by atoms with E-state index in [0.717, 1.165) is 22.7 Å². The van der Waals surface area contributed by atoms with E-state index in [1.807, 2.05) is 42.5 Å². The molecule has 0 spiro atoms. The highest BCUT2D eigenvalue weighted by Gasteiger charge is 2.32. The first kappa shape index (κ1) is 19.4. The van der Waals surface area contributed by atoms with Crippen LogP contribution in [0.4, 0.5) is 0 Å². The average Bonchev–Trinajstić information content (AvgIpc) is 2.59. The fourth-order valence-corrected chi connectivity index (χ4v) is 7.07. The molecule has 132 valence electrons. The zero-order valence-corrected chi connectivity index (χ0v) is 16.7. The molecule has 2 aromatic carbocycles. The summed E-state index contributed by atoms with van der Waals surface area (Å²) in [6, 6.07) is 21.6. The molecule has 0 saturated carbocycles. The molecule has 0 saturated heterocycles. The minimum atomic E-state index is -1.76. The van der Waals surface area contributed by atoms with E-state index in [1.54, 1.807) is 0 Å². The molecule has 0 aliphatic heterocycles. The predicted molar refractivity (Wildman–Crippen MR) is 107 cm³/mol. The molecule has 0 fully saturated rings. The van der Waals surface area contributed by atoms with Gasteiger partial charge in [0.05, 0.1) is 25.8 Å². The van der Waals surface area contributed by atoms with Crippen molar-refractivity contribution in [3.8, 4) is 6.07 Å². The average molecular weight is 352 g/mol. The molecular formula is C22H29NOSi. The molecule has 2 aromatic rings. The highest BCUT2D eigenvalue weighted by atomic mass is 28.3. The second-order valence-corrected chi connectivity index (χ2v) is 13.0. The van der Waals surface area contributed by atoms with Crippen LogP contribution in [0.3, 0.4) is 0 Å². The molecule has 0 bridgehead atoms. The van der Waals surface area contributed by atoms with E-state index in [-0.39, 0.29) is 11.6 Å². The smallest absolute Gasteiger partial charge is 0.0871 e. The van der Waals surface area contributed by atoms with Crippen LogP contribution in [-0.2, 0) is 6.42 Å². The molecule has 0 heterocycles. The van der Waals surface area contributed by atoms with E-state index in [2.05, 4.69) is 45.1 Å². The lowest BCUT2D eigenvalue weighted by atomic mass is 9.93. The number of nitrogens with zero attached hydrogens (tertiary/aromatic N) is 1. The lowest BCUT2D eigenvalue weighted by Crippen LogP contribution is -2.36. The zero-order chi connectivity index (χ0) is 18.4. The van der Waals surface area contributed by atoms with Crippen molar-refractivity contribution >= 4 is 8.07 Å². The minimum Gasteiger partial charge on any atom is -0.392 e. The van der Waals surface area contributed by atoms with E-state index in [4.69, 9.17) is 0 Å². The predicted octanol–water partition coefficient (Wildman–Crippen LogP) is 5.47. The summed E-state index contributed by atoms with van der Waals surface area (Å²) in [5.41, 5.74) is 2.79. The van der Waals surface area contributed by atoms with Crippen molar-refractivity contribution < 1.29 is 5.11 Å². The Bertz CT molecular complexity index is 718. The maximum atomic E-state index is 10.9. The van der Waals surface area contributed by atoms with Gasteiger partial charge in [0, 0.05) is 0 Å². The Morgan fingerprint density at radius 2 is 1.64 bits per heavy atom. The highest BCUT2D eigenvalue weighted by Crippen LogP contribution is 2.31. The maximum Gasteiger partial charge on any atom is 0.0871 e. The Hall–Kier alpha value is -1.89. The molecule has 0 aromatic heterocycles. The van der Waals surface area contributed by atoms with E-state index in [0.29, 0.717) is 12.3 Å². The van der Waals surface area contributed by atoms with E-state index in [1.165, 1.54) is 0 Å². The summed E-state index contributed by atoms with van der Waals surface area (Å²) >= 11 is 0. The van der Waals surface area contributed by atoms with Gasteiger partial charge in [-0.25, -0.2) is 0 Å². The maximum absolute atomic E-state index is 10.9. The van der Waals surface area contributed by atoms with Crippen molar-refractivity contribution in [1.29, 1.82) is 5.26 Å². The quantitative estimate of drug-likeness (QED) is 0.672. The SMILES string of the molecule is CC(C)C[Si](C)(C)C(O)c1cccc(CC(C#N)c2ccccc2)c1. The molecule has 2 nitrogen and oxygen atoms in total. The third-order valence-corrected chi connectivity index (χ3v) is 8.42. The normalized spacial score (nSPS) is 14.1. The Labute approximate surface area is 153 Å². The second kappa shape index (κ2) is 8.47. The van der Waals surface area contributed by atoms with Gasteiger partial charge in [-0.2, -0.15) is 5.26 Å². The van der Waals surface area contributed by atoms with Crippen molar-refractivity contribution in [2.75, 3.05) is 0 Å². The van der Waals surface area contributed by atoms with Crippen LogP contribution < -0.4 is 0 Å². The third-order valence-electron chi connectivity index (χ3n) is 4.74. The van der Waals surface area contributed by atoms with Crippen LogP contribution in [0.15, 0.2) is 54.6 Å². The van der Waals surface area contributed by atoms with Crippen molar-refractivity contribution in [1.82, 2.24) is 0 Å². The topological polar surface area (TPSA) is 44.0 Å². The standard InChI is InChI=1S/C22H29NOSi/c1-17(2)16-25(3,4)22(24)20-12-8-9-18(13-20)14-21(15-23)19-10-6-5-7-11-19/h5-13,17,21-22,24H,14,16H2,1-4H3. The summed E-state index contributed by atoms with van der Waals surface area (Å²) in [5, 5.41) is 20.5. The van der Waals surface area contributed by atoms with Gasteiger partial charge in [0.2, 0.25) is 0 Å². The largest absolute Gasteiger partial charge is 0.392 e. The number of benzene rings is 2. The lowest BCUT2D eigenvalue weighted by molar-refractivity contribution is 0.247. The van der Waals surface area contributed by atoms with Crippen LogP contribution in [0.5, 0.6) is 0 Å². The molecule has 0 aliphatic rings. The Kier molecular flexibility index (Phi) is 6.58. The van der Waals surface area contributed by atoms with Gasteiger partial charge in [-0.05, 0) is 29.0 Å². The summed E-state index contributed by atoms with van der Waals surface area (Å²) in [6.45, 7) is 8.95. The highest BCUT2D eigenvalue weighted by molar-refractivity contribution is 6.78. The van der Waals surface area contributed by atoms with Crippen LogP contribution in [0, 0.1) is 17.2 Å². The van der Waals surface area contributed by atoms with Gasteiger partial charge in [0.25, 0.3) is 0 Å². The van der Waals surface area contributed by atoms with Gasteiger partial charge in [-0.3, -0.25) is 0 Å². The van der Waals surface area contributed by atoms with E-state index >= 15 is 0 Å². The molecule has 2 rings (SSSR count). The first-order chi connectivity index (χ1) is 11.8. The van der Waals surface area contributed by atoms with Crippen molar-refractivity contribution in [2.24, 2.45) is 5.92 Å². The van der Waals surface area contributed by atoms with Gasteiger partial charge >= 0.3 is 0 Å². The van der Waals surface area contributed by atoms with Crippen LogP contribution in [0.1, 0.15) is 42.2 Å². The molecular weight excluding hydrogens is 322 g/mol. The van der Waals surface area contributed by atoms with Gasteiger partial charge < -0.3 is 5.11 Å². The fourth-order valence-electron chi connectivity index (χ4n) is 3.66. The summed E-state index contributed by atoms with van der Waals surface area (Å²) in [4.78, 5) is 0. The Morgan fingerprint density at radius 3 is 2.24 bits per heavy atom. The zero-order valence-electron chi connectivity index (χ0n) is 15.7. The molecule has 0 aliphatic carbocycles. The summed E-state index contributed by atoms with van der Waals surface area (Å²) in [7, 11) is -1.76. The molecule has 2 unspecified atom stereocenters. The summed E-state index contributed by atoms with van der Waals surface area (Å²) in [6.07, 6.45) is 0.674. The number of hydrogen-bond donors (Lipinski definition) is 1. The molecule has 25 heavy (non-hydrogen) atoms. The van der Waals surface area contributed by atoms with Crippen LogP contribution in [0.25, 0.3) is 0 Å². The molecule has 0 radical (unpaired) electrons. The number of aliphatic hydroxyl groups is 1. The Balaban J connectivity index is 2.20. The van der Waals surface area contributed by atoms with Crippen LogP contribution in [-0.4, -0.2) is 13.2 Å². The van der Waals surface area contributed by atoms with Gasteiger partial charge in [0.1, 0.15) is 0 Å².